The van der Waals surface area contributed by atoms with Gasteiger partial charge >= 0.3 is 12.1 Å². The van der Waals surface area contributed by atoms with E-state index < -0.39 is 23.7 Å². The summed E-state index contributed by atoms with van der Waals surface area (Å²) >= 11 is 0. The molecule has 0 unspecified atom stereocenters. The van der Waals surface area contributed by atoms with Crippen LogP contribution in [0.5, 0.6) is 0 Å². The van der Waals surface area contributed by atoms with Crippen LogP contribution in [0, 0.1) is 0 Å². The van der Waals surface area contributed by atoms with Gasteiger partial charge in [0.2, 0.25) is 0 Å². The summed E-state index contributed by atoms with van der Waals surface area (Å²) in [4.78, 5) is 23.9. The minimum Gasteiger partial charge on any atom is -0.479 e. The Morgan fingerprint density at radius 1 is 1.32 bits per heavy atom. The van der Waals surface area contributed by atoms with Crippen LogP contribution in [0.25, 0.3) is 0 Å². The Labute approximate surface area is 128 Å². The standard InChI is InChI=1S/C15H19NO6/c1-21-10-15(13(17)18)7-12(8-16(15)14(19)20)22-9-11-5-3-2-4-6-11/h2-6,12H,7-10H2,1H3,(H,17,18)(H,19,20)/t12-,15+/m0/s1. The number of methoxy groups -OCH3 is 1. The van der Waals surface area contributed by atoms with Crippen LogP contribution in [0.15, 0.2) is 30.3 Å². The summed E-state index contributed by atoms with van der Waals surface area (Å²) in [5.74, 6) is -1.22. The van der Waals surface area contributed by atoms with E-state index in [0.29, 0.717) is 6.61 Å². The molecule has 2 N–H and O–H groups in total. The third-order valence-corrected chi connectivity index (χ3v) is 3.81. The first-order valence-corrected chi connectivity index (χ1v) is 6.88. The molecule has 1 aromatic rings. The van der Waals surface area contributed by atoms with E-state index in [1.807, 2.05) is 30.3 Å². The van der Waals surface area contributed by atoms with E-state index >= 15 is 0 Å². The Morgan fingerprint density at radius 3 is 2.55 bits per heavy atom. The van der Waals surface area contributed by atoms with Gasteiger partial charge < -0.3 is 19.7 Å². The van der Waals surface area contributed by atoms with Crippen molar-refractivity contribution in [3.8, 4) is 0 Å². The fourth-order valence-electron chi connectivity index (χ4n) is 2.73. The van der Waals surface area contributed by atoms with Crippen LogP contribution in [0.4, 0.5) is 4.79 Å². The first kappa shape index (κ1) is 16.3. The molecule has 120 valence electrons. The highest BCUT2D eigenvalue weighted by Gasteiger charge is 2.54. The van der Waals surface area contributed by atoms with Gasteiger partial charge in [-0.15, -0.1) is 0 Å². The van der Waals surface area contributed by atoms with E-state index in [9.17, 15) is 19.8 Å². The minimum atomic E-state index is -1.60. The lowest BCUT2D eigenvalue weighted by Gasteiger charge is -2.31. The zero-order chi connectivity index (χ0) is 16.2. The number of carboxylic acids is 1. The SMILES string of the molecule is COC[C@@]1(C(=O)O)C[C@H](OCc2ccccc2)CN1C(=O)O. The van der Waals surface area contributed by atoms with Crippen LogP contribution in [-0.4, -0.2) is 59.1 Å². The van der Waals surface area contributed by atoms with Crippen LogP contribution < -0.4 is 0 Å². The fourth-order valence-corrected chi connectivity index (χ4v) is 2.73. The number of carboxylic acid groups (broad SMARTS) is 2. The van der Waals surface area contributed by atoms with Crippen LogP contribution in [-0.2, 0) is 20.9 Å². The molecule has 1 aliphatic rings. The van der Waals surface area contributed by atoms with Crippen molar-refractivity contribution in [1.29, 1.82) is 0 Å². The molecule has 0 radical (unpaired) electrons. The second kappa shape index (κ2) is 6.76. The third kappa shape index (κ3) is 3.20. The summed E-state index contributed by atoms with van der Waals surface area (Å²) in [6.45, 7) is 0.110. The van der Waals surface area contributed by atoms with Crippen molar-refractivity contribution in [2.24, 2.45) is 0 Å². The Morgan fingerprint density at radius 2 is 2.00 bits per heavy atom. The number of benzene rings is 1. The summed E-state index contributed by atoms with van der Waals surface area (Å²) in [5, 5.41) is 18.8. The van der Waals surface area contributed by atoms with E-state index in [-0.39, 0.29) is 19.6 Å². The van der Waals surface area contributed by atoms with Gasteiger partial charge in [0.25, 0.3) is 0 Å². The number of hydrogen-bond acceptors (Lipinski definition) is 4. The average Bonchev–Trinajstić information content (AvgIpc) is 2.87. The van der Waals surface area contributed by atoms with Crippen LogP contribution in [0.1, 0.15) is 12.0 Å². The van der Waals surface area contributed by atoms with Crippen molar-refractivity contribution in [2.45, 2.75) is 24.7 Å². The largest absolute Gasteiger partial charge is 0.479 e. The number of ether oxygens (including phenoxy) is 2. The monoisotopic (exact) mass is 309 g/mol. The highest BCUT2D eigenvalue weighted by molar-refractivity contribution is 5.85. The molecule has 0 spiro atoms. The first-order chi connectivity index (χ1) is 10.5. The molecule has 0 aliphatic carbocycles. The van der Waals surface area contributed by atoms with Gasteiger partial charge in [-0.1, -0.05) is 30.3 Å². The molecule has 0 aromatic heterocycles. The number of nitrogens with zero attached hydrogens (tertiary/aromatic N) is 1. The molecule has 22 heavy (non-hydrogen) atoms. The minimum absolute atomic E-state index is 0.0117. The maximum atomic E-state index is 11.6. The van der Waals surface area contributed by atoms with Gasteiger partial charge in [0.15, 0.2) is 5.54 Å². The zero-order valence-electron chi connectivity index (χ0n) is 12.3. The predicted octanol–water partition coefficient (Wildman–Crippen LogP) is 1.43. The molecule has 2 rings (SSSR count). The maximum absolute atomic E-state index is 11.6. The van der Waals surface area contributed by atoms with Gasteiger partial charge in [0, 0.05) is 13.5 Å². The lowest BCUT2D eigenvalue weighted by Crippen LogP contribution is -2.55. The summed E-state index contributed by atoms with van der Waals surface area (Å²) in [7, 11) is 1.35. The fraction of sp³-hybridized carbons (Fsp3) is 0.467. The maximum Gasteiger partial charge on any atom is 0.408 e. The second-order valence-electron chi connectivity index (χ2n) is 5.29. The molecule has 7 heteroatoms. The van der Waals surface area contributed by atoms with Gasteiger partial charge in [-0.2, -0.15) is 0 Å². The molecule has 1 aromatic carbocycles. The first-order valence-electron chi connectivity index (χ1n) is 6.88. The number of amides is 1. The highest BCUT2D eigenvalue weighted by Crippen LogP contribution is 2.32. The van der Waals surface area contributed by atoms with Crippen molar-refractivity contribution in [3.05, 3.63) is 35.9 Å². The zero-order valence-corrected chi connectivity index (χ0v) is 12.3. The summed E-state index contributed by atoms with van der Waals surface area (Å²) in [6, 6.07) is 9.43. The van der Waals surface area contributed by atoms with E-state index in [4.69, 9.17) is 9.47 Å². The van der Waals surface area contributed by atoms with Crippen LogP contribution in [0.3, 0.4) is 0 Å². The van der Waals surface area contributed by atoms with Crippen LogP contribution >= 0.6 is 0 Å². The van der Waals surface area contributed by atoms with Crippen molar-refractivity contribution < 1.29 is 29.3 Å². The van der Waals surface area contributed by atoms with Crippen molar-refractivity contribution in [1.82, 2.24) is 4.90 Å². The van der Waals surface area contributed by atoms with E-state index in [2.05, 4.69) is 0 Å². The number of likely N-dealkylation sites (tertiary alicyclic amines) is 1. The highest BCUT2D eigenvalue weighted by atomic mass is 16.5. The normalized spacial score (nSPS) is 24.4. The van der Waals surface area contributed by atoms with Gasteiger partial charge in [-0.05, 0) is 5.56 Å². The number of hydrogen-bond donors (Lipinski definition) is 2. The van der Waals surface area contributed by atoms with Crippen molar-refractivity contribution >= 4 is 12.1 Å². The Kier molecular flexibility index (Phi) is 4.99. The average molecular weight is 309 g/mol. The quantitative estimate of drug-likeness (QED) is 0.825. The third-order valence-electron chi connectivity index (χ3n) is 3.81. The molecule has 0 saturated carbocycles. The number of aliphatic carboxylic acids is 1. The molecule has 2 atom stereocenters. The molecule has 1 fully saturated rings. The molecular weight excluding hydrogens is 290 g/mol. The van der Waals surface area contributed by atoms with E-state index in [1.165, 1.54) is 7.11 Å². The van der Waals surface area contributed by atoms with Crippen molar-refractivity contribution in [2.75, 3.05) is 20.3 Å². The topological polar surface area (TPSA) is 96.3 Å². The van der Waals surface area contributed by atoms with Crippen LogP contribution in [0.2, 0.25) is 0 Å². The smallest absolute Gasteiger partial charge is 0.408 e. The predicted molar refractivity (Wildman–Crippen MR) is 76.6 cm³/mol. The molecule has 0 bridgehead atoms. The lowest BCUT2D eigenvalue weighted by atomic mass is 9.97. The molecule has 1 amide bonds. The molecule has 1 aliphatic heterocycles. The van der Waals surface area contributed by atoms with Gasteiger partial charge in [0.1, 0.15) is 0 Å². The van der Waals surface area contributed by atoms with Gasteiger partial charge in [0.05, 0.1) is 25.9 Å². The van der Waals surface area contributed by atoms with Gasteiger partial charge in [-0.25, -0.2) is 9.59 Å². The molecule has 1 saturated heterocycles. The second-order valence-corrected chi connectivity index (χ2v) is 5.29. The Balaban J connectivity index is 2.09. The number of carbonyl (C=O) groups is 2. The van der Waals surface area contributed by atoms with Gasteiger partial charge in [-0.3, -0.25) is 4.90 Å². The summed E-state index contributed by atoms with van der Waals surface area (Å²) in [6.07, 6.45) is -1.71. The Hall–Kier alpha value is -2.12. The van der Waals surface area contributed by atoms with Crippen molar-refractivity contribution in [3.63, 3.8) is 0 Å². The lowest BCUT2D eigenvalue weighted by molar-refractivity contribution is -0.152. The molecule has 1 heterocycles. The number of rotatable bonds is 6. The Bertz CT molecular complexity index is 534. The summed E-state index contributed by atoms with van der Waals surface area (Å²) < 4.78 is 10.6. The molecule has 7 nitrogen and oxygen atoms in total. The van der Waals surface area contributed by atoms with E-state index in [1.54, 1.807) is 0 Å². The summed E-state index contributed by atoms with van der Waals surface area (Å²) in [5.41, 5.74) is -0.647. The molecular formula is C15H19NO6. The van der Waals surface area contributed by atoms with E-state index in [0.717, 1.165) is 10.5 Å².